The SMILES string of the molecule is Nc1cccnc1C(=O)N1CC2CCC(O)C2C1. The summed E-state index contributed by atoms with van der Waals surface area (Å²) in [7, 11) is 0. The summed E-state index contributed by atoms with van der Waals surface area (Å²) in [6.45, 7) is 1.34. The number of aliphatic hydroxyl groups is 1. The summed E-state index contributed by atoms with van der Waals surface area (Å²) in [5.74, 6) is 0.558. The van der Waals surface area contributed by atoms with Crippen molar-refractivity contribution in [2.45, 2.75) is 18.9 Å². The Balaban J connectivity index is 1.78. The zero-order valence-corrected chi connectivity index (χ0v) is 10.1. The minimum atomic E-state index is -0.256. The summed E-state index contributed by atoms with van der Waals surface area (Å²) in [5.41, 5.74) is 6.52. The molecule has 0 radical (unpaired) electrons. The van der Waals surface area contributed by atoms with E-state index in [9.17, 15) is 9.90 Å². The van der Waals surface area contributed by atoms with Gasteiger partial charge in [-0.15, -0.1) is 0 Å². The molecule has 1 saturated carbocycles. The maximum absolute atomic E-state index is 12.3. The van der Waals surface area contributed by atoms with Gasteiger partial charge in [0.25, 0.3) is 5.91 Å². The number of fused-ring (bicyclic) bond motifs is 1. The molecule has 3 unspecified atom stereocenters. The van der Waals surface area contributed by atoms with Crippen LogP contribution in [0.2, 0.25) is 0 Å². The number of aromatic nitrogens is 1. The van der Waals surface area contributed by atoms with Gasteiger partial charge in [0.05, 0.1) is 11.8 Å². The van der Waals surface area contributed by atoms with Crippen molar-refractivity contribution in [1.29, 1.82) is 0 Å². The van der Waals surface area contributed by atoms with Crippen molar-refractivity contribution in [2.75, 3.05) is 18.8 Å². The molecule has 1 aliphatic carbocycles. The molecule has 1 aromatic rings. The van der Waals surface area contributed by atoms with Crippen LogP contribution in [-0.4, -0.2) is 40.1 Å². The molecular formula is C13H17N3O2. The Hall–Kier alpha value is -1.62. The third-order valence-electron chi connectivity index (χ3n) is 4.15. The van der Waals surface area contributed by atoms with E-state index < -0.39 is 0 Å². The van der Waals surface area contributed by atoms with Crippen molar-refractivity contribution in [3.05, 3.63) is 24.0 Å². The molecule has 1 saturated heterocycles. The van der Waals surface area contributed by atoms with Crippen LogP contribution in [0, 0.1) is 11.8 Å². The van der Waals surface area contributed by atoms with Gasteiger partial charge in [-0.05, 0) is 30.9 Å². The van der Waals surface area contributed by atoms with Crippen LogP contribution in [0.4, 0.5) is 5.69 Å². The monoisotopic (exact) mass is 247 g/mol. The first-order chi connectivity index (χ1) is 8.66. The van der Waals surface area contributed by atoms with Crippen molar-refractivity contribution in [2.24, 2.45) is 11.8 Å². The van der Waals surface area contributed by atoms with Crippen LogP contribution in [0.5, 0.6) is 0 Å². The number of carbonyl (C=O) groups excluding carboxylic acids is 1. The summed E-state index contributed by atoms with van der Waals surface area (Å²) in [6.07, 6.45) is 3.19. The van der Waals surface area contributed by atoms with E-state index in [0.717, 1.165) is 19.4 Å². The summed E-state index contributed by atoms with van der Waals surface area (Å²) in [5, 5.41) is 9.85. The van der Waals surface area contributed by atoms with Crippen molar-refractivity contribution < 1.29 is 9.90 Å². The molecule has 1 aromatic heterocycles. The lowest BCUT2D eigenvalue weighted by Crippen LogP contribution is -2.32. The van der Waals surface area contributed by atoms with E-state index >= 15 is 0 Å². The largest absolute Gasteiger partial charge is 0.397 e. The summed E-state index contributed by atoms with van der Waals surface area (Å²) >= 11 is 0. The van der Waals surface area contributed by atoms with Gasteiger partial charge in [-0.3, -0.25) is 4.79 Å². The average molecular weight is 247 g/mol. The van der Waals surface area contributed by atoms with Crippen molar-refractivity contribution in [1.82, 2.24) is 9.88 Å². The zero-order chi connectivity index (χ0) is 12.7. The molecule has 1 aliphatic heterocycles. The normalized spacial score (nSPS) is 30.5. The fourth-order valence-electron chi connectivity index (χ4n) is 3.15. The minimum absolute atomic E-state index is 0.116. The van der Waals surface area contributed by atoms with Crippen molar-refractivity contribution in [3.63, 3.8) is 0 Å². The lowest BCUT2D eigenvalue weighted by atomic mass is 10.00. The number of aliphatic hydroxyl groups excluding tert-OH is 1. The minimum Gasteiger partial charge on any atom is -0.397 e. The first-order valence-electron chi connectivity index (χ1n) is 6.34. The zero-order valence-electron chi connectivity index (χ0n) is 10.1. The highest BCUT2D eigenvalue weighted by Crippen LogP contribution is 2.38. The van der Waals surface area contributed by atoms with Crippen molar-refractivity contribution >= 4 is 11.6 Å². The molecule has 2 aliphatic rings. The predicted octanol–water partition coefficient (Wildman–Crippen LogP) is 0.507. The Labute approximate surface area is 106 Å². The number of likely N-dealkylation sites (tertiary alicyclic amines) is 1. The van der Waals surface area contributed by atoms with Gasteiger partial charge < -0.3 is 15.7 Å². The number of nitrogens with two attached hydrogens (primary N) is 1. The Bertz CT molecular complexity index is 477. The number of nitrogens with zero attached hydrogens (tertiary/aromatic N) is 2. The van der Waals surface area contributed by atoms with Crippen LogP contribution in [0.15, 0.2) is 18.3 Å². The number of hydrogen-bond acceptors (Lipinski definition) is 4. The number of hydrogen-bond donors (Lipinski definition) is 2. The number of carbonyl (C=O) groups is 1. The molecule has 5 nitrogen and oxygen atoms in total. The third-order valence-corrected chi connectivity index (χ3v) is 4.15. The third kappa shape index (κ3) is 1.75. The Morgan fingerprint density at radius 2 is 2.28 bits per heavy atom. The van der Waals surface area contributed by atoms with Gasteiger partial charge >= 0.3 is 0 Å². The molecule has 1 amide bonds. The van der Waals surface area contributed by atoms with E-state index in [2.05, 4.69) is 4.98 Å². The summed E-state index contributed by atoms with van der Waals surface area (Å²) < 4.78 is 0. The van der Waals surface area contributed by atoms with Gasteiger partial charge in [0.15, 0.2) is 5.69 Å². The smallest absolute Gasteiger partial charge is 0.274 e. The summed E-state index contributed by atoms with van der Waals surface area (Å²) in [4.78, 5) is 18.1. The second kappa shape index (κ2) is 4.24. The van der Waals surface area contributed by atoms with Gasteiger partial charge in [-0.25, -0.2) is 4.98 Å². The molecule has 96 valence electrons. The number of anilines is 1. The first kappa shape index (κ1) is 11.5. The number of pyridine rings is 1. The maximum atomic E-state index is 12.3. The van der Waals surface area contributed by atoms with Gasteiger partial charge in [-0.2, -0.15) is 0 Å². The van der Waals surface area contributed by atoms with Crippen molar-refractivity contribution in [3.8, 4) is 0 Å². The van der Waals surface area contributed by atoms with Gasteiger partial charge in [-0.1, -0.05) is 0 Å². The number of nitrogen functional groups attached to an aromatic ring is 1. The molecule has 2 heterocycles. The maximum Gasteiger partial charge on any atom is 0.274 e. The second-order valence-corrected chi connectivity index (χ2v) is 5.22. The van der Waals surface area contributed by atoms with E-state index in [-0.39, 0.29) is 17.9 Å². The molecule has 0 bridgehead atoms. The van der Waals surface area contributed by atoms with E-state index in [1.54, 1.807) is 23.2 Å². The molecule has 18 heavy (non-hydrogen) atoms. The molecule has 2 fully saturated rings. The molecular weight excluding hydrogens is 230 g/mol. The first-order valence-corrected chi connectivity index (χ1v) is 6.34. The highest BCUT2D eigenvalue weighted by atomic mass is 16.3. The molecule has 3 N–H and O–H groups in total. The second-order valence-electron chi connectivity index (χ2n) is 5.22. The lowest BCUT2D eigenvalue weighted by molar-refractivity contribution is 0.0748. The highest BCUT2D eigenvalue weighted by Gasteiger charge is 2.43. The molecule has 5 heteroatoms. The molecule has 3 rings (SSSR count). The van der Waals surface area contributed by atoms with Crippen LogP contribution in [-0.2, 0) is 0 Å². The summed E-state index contributed by atoms with van der Waals surface area (Å²) in [6, 6.07) is 3.40. The van der Waals surface area contributed by atoms with Crippen LogP contribution in [0.25, 0.3) is 0 Å². The molecule has 0 aromatic carbocycles. The average Bonchev–Trinajstić information content (AvgIpc) is 2.92. The fraction of sp³-hybridized carbons (Fsp3) is 0.538. The highest BCUT2D eigenvalue weighted by molar-refractivity contribution is 5.97. The number of amides is 1. The standard InChI is InChI=1S/C13H17N3O2/c14-10-2-1-5-15-12(10)13(18)16-6-8-3-4-11(17)9(8)7-16/h1-2,5,8-9,11,17H,3-4,6-7,14H2. The van der Waals surface area contributed by atoms with Crippen LogP contribution in [0.1, 0.15) is 23.3 Å². The quantitative estimate of drug-likeness (QED) is 0.757. The molecule has 3 atom stereocenters. The Morgan fingerprint density at radius 1 is 1.44 bits per heavy atom. The van der Waals surface area contributed by atoms with E-state index in [4.69, 9.17) is 5.73 Å². The van der Waals surface area contributed by atoms with Crippen LogP contribution >= 0.6 is 0 Å². The fourth-order valence-corrected chi connectivity index (χ4v) is 3.15. The van der Waals surface area contributed by atoms with Crippen LogP contribution in [0.3, 0.4) is 0 Å². The Kier molecular flexibility index (Phi) is 2.70. The predicted molar refractivity (Wildman–Crippen MR) is 66.8 cm³/mol. The Morgan fingerprint density at radius 3 is 3.00 bits per heavy atom. The van der Waals surface area contributed by atoms with Gasteiger partial charge in [0, 0.05) is 25.2 Å². The lowest BCUT2D eigenvalue weighted by Gasteiger charge is -2.18. The van der Waals surface area contributed by atoms with E-state index in [1.807, 2.05) is 0 Å². The number of rotatable bonds is 1. The topological polar surface area (TPSA) is 79.5 Å². The van der Waals surface area contributed by atoms with Crippen LogP contribution < -0.4 is 5.73 Å². The van der Waals surface area contributed by atoms with Gasteiger partial charge in [0.2, 0.25) is 0 Å². The van der Waals surface area contributed by atoms with E-state index in [0.29, 0.717) is 23.8 Å². The van der Waals surface area contributed by atoms with Gasteiger partial charge in [0.1, 0.15) is 0 Å². The molecule has 0 spiro atoms. The van der Waals surface area contributed by atoms with E-state index in [1.165, 1.54) is 0 Å².